The summed E-state index contributed by atoms with van der Waals surface area (Å²) in [6.45, 7) is 0.621. The second-order valence-electron chi connectivity index (χ2n) is 6.05. The summed E-state index contributed by atoms with van der Waals surface area (Å²) in [5.41, 5.74) is 0. The lowest BCUT2D eigenvalue weighted by atomic mass is 10.1. The minimum absolute atomic E-state index is 0.0328. The second kappa shape index (κ2) is 8.48. The van der Waals surface area contributed by atoms with Gasteiger partial charge in [0.25, 0.3) is 5.91 Å². The van der Waals surface area contributed by atoms with Crippen LogP contribution in [0.2, 0.25) is 5.02 Å². The normalized spacial score (nSPS) is 16.3. The summed E-state index contributed by atoms with van der Waals surface area (Å²) < 4.78 is 33.3. The average molecular weight is 494 g/mol. The lowest BCUT2D eigenvalue weighted by molar-refractivity contribution is 0.0928. The van der Waals surface area contributed by atoms with Crippen molar-refractivity contribution in [3.05, 3.63) is 44.0 Å². The Balaban J connectivity index is 1.71. The van der Waals surface area contributed by atoms with E-state index in [1.165, 1.54) is 28.8 Å². The number of carbonyl (C=O) groups is 1. The first-order valence-electron chi connectivity index (χ1n) is 8.20. The molecule has 0 radical (unpaired) electrons. The van der Waals surface area contributed by atoms with Crippen LogP contribution in [0.25, 0.3) is 0 Å². The van der Waals surface area contributed by atoms with E-state index in [1.54, 1.807) is 12.1 Å². The lowest BCUT2D eigenvalue weighted by Crippen LogP contribution is -2.46. The van der Waals surface area contributed by atoms with Gasteiger partial charge in [-0.1, -0.05) is 17.7 Å². The summed E-state index contributed by atoms with van der Waals surface area (Å²) in [7, 11) is -2.35. The number of benzene rings is 1. The topological polar surface area (TPSA) is 75.7 Å². The van der Waals surface area contributed by atoms with E-state index in [4.69, 9.17) is 16.3 Å². The van der Waals surface area contributed by atoms with Gasteiger partial charge in [0.2, 0.25) is 10.0 Å². The molecule has 1 saturated heterocycles. The van der Waals surface area contributed by atoms with Crippen molar-refractivity contribution < 1.29 is 17.9 Å². The summed E-state index contributed by atoms with van der Waals surface area (Å²) in [5.74, 6) is 0.110. The van der Waals surface area contributed by atoms with Gasteiger partial charge in [-0.05, 0) is 52.4 Å². The van der Waals surface area contributed by atoms with E-state index in [1.807, 2.05) is 11.4 Å². The number of nitrogens with zero attached hydrogens (tertiary/aromatic N) is 1. The number of piperidine rings is 1. The summed E-state index contributed by atoms with van der Waals surface area (Å²) >= 11 is 10.7. The van der Waals surface area contributed by atoms with Crippen LogP contribution in [0, 0.1) is 0 Å². The number of hydrogen-bond acceptors (Lipinski definition) is 5. The van der Waals surface area contributed by atoms with Crippen LogP contribution in [0.15, 0.2) is 39.0 Å². The Morgan fingerprint density at radius 2 is 2.07 bits per heavy atom. The Hall–Kier alpha value is -1.13. The number of rotatable bonds is 5. The van der Waals surface area contributed by atoms with Gasteiger partial charge in [-0.3, -0.25) is 4.79 Å². The molecule has 146 valence electrons. The molecule has 1 fully saturated rings. The van der Waals surface area contributed by atoms with E-state index in [-0.39, 0.29) is 22.6 Å². The van der Waals surface area contributed by atoms with E-state index < -0.39 is 10.0 Å². The molecule has 1 aromatic carbocycles. The van der Waals surface area contributed by atoms with Crippen molar-refractivity contribution in [2.75, 3.05) is 20.2 Å². The van der Waals surface area contributed by atoms with E-state index in [0.717, 1.165) is 0 Å². The van der Waals surface area contributed by atoms with Gasteiger partial charge in [0.1, 0.15) is 4.90 Å². The Kier molecular flexibility index (Phi) is 6.47. The standard InChI is InChI=1S/C17H18BrClN2O4S2/c1-25-16-13(18)9-11(19)10-15(16)27(23,24)21-6-4-12(5-7-21)20-17(22)14-3-2-8-26-14/h2-3,8-10,12H,4-7H2,1H3,(H,20,22). The molecule has 6 nitrogen and oxygen atoms in total. The fourth-order valence-corrected chi connectivity index (χ4v) is 6.44. The van der Waals surface area contributed by atoms with E-state index in [9.17, 15) is 13.2 Å². The number of halogens is 2. The van der Waals surface area contributed by atoms with Crippen molar-refractivity contribution >= 4 is 54.8 Å². The van der Waals surface area contributed by atoms with Crippen molar-refractivity contribution in [2.24, 2.45) is 0 Å². The van der Waals surface area contributed by atoms with Crippen molar-refractivity contribution in [2.45, 2.75) is 23.8 Å². The van der Waals surface area contributed by atoms with Crippen LogP contribution in [0.1, 0.15) is 22.5 Å². The molecule has 1 aromatic heterocycles. The predicted octanol–water partition coefficient (Wildman–Crippen LogP) is 3.76. The fourth-order valence-electron chi connectivity index (χ4n) is 2.97. The minimum atomic E-state index is -3.76. The highest BCUT2D eigenvalue weighted by Crippen LogP contribution is 2.37. The summed E-state index contributed by atoms with van der Waals surface area (Å²) in [6.07, 6.45) is 1.08. The second-order valence-corrected chi connectivity index (χ2v) is 10.2. The predicted molar refractivity (Wildman–Crippen MR) is 109 cm³/mol. The van der Waals surface area contributed by atoms with Crippen LogP contribution >= 0.6 is 38.9 Å². The third-order valence-electron chi connectivity index (χ3n) is 4.33. The number of methoxy groups -OCH3 is 1. The largest absolute Gasteiger partial charge is 0.494 e. The molecule has 0 aliphatic carbocycles. The Morgan fingerprint density at radius 3 is 2.67 bits per heavy atom. The number of amides is 1. The zero-order valence-corrected chi connectivity index (χ0v) is 18.4. The fraction of sp³-hybridized carbons (Fsp3) is 0.353. The molecule has 10 heteroatoms. The highest BCUT2D eigenvalue weighted by Gasteiger charge is 2.33. The molecule has 0 bridgehead atoms. The van der Waals surface area contributed by atoms with Crippen LogP contribution in [-0.4, -0.2) is 44.9 Å². The molecule has 2 heterocycles. The first-order valence-corrected chi connectivity index (χ1v) is 11.7. The molecule has 0 unspecified atom stereocenters. The molecule has 1 aliphatic rings. The molecule has 1 aliphatic heterocycles. The van der Waals surface area contributed by atoms with Crippen molar-refractivity contribution in [1.82, 2.24) is 9.62 Å². The highest BCUT2D eigenvalue weighted by molar-refractivity contribution is 9.10. The van der Waals surface area contributed by atoms with Crippen molar-refractivity contribution in [1.29, 1.82) is 0 Å². The summed E-state index contributed by atoms with van der Waals surface area (Å²) in [4.78, 5) is 12.8. The smallest absolute Gasteiger partial charge is 0.261 e. The molecule has 2 aromatic rings. The maximum Gasteiger partial charge on any atom is 0.261 e. The Morgan fingerprint density at radius 1 is 1.37 bits per heavy atom. The van der Waals surface area contributed by atoms with E-state index in [0.29, 0.717) is 40.3 Å². The maximum atomic E-state index is 13.1. The molecule has 1 amide bonds. The number of carbonyl (C=O) groups excluding carboxylic acids is 1. The molecule has 0 spiro atoms. The number of sulfonamides is 1. The van der Waals surface area contributed by atoms with E-state index >= 15 is 0 Å². The molecule has 0 saturated carbocycles. The van der Waals surface area contributed by atoms with Crippen LogP contribution in [0.5, 0.6) is 5.75 Å². The SMILES string of the molecule is COc1c(Br)cc(Cl)cc1S(=O)(=O)N1CCC(NC(=O)c2cccs2)CC1. The zero-order chi connectivity index (χ0) is 19.6. The zero-order valence-electron chi connectivity index (χ0n) is 14.4. The maximum absolute atomic E-state index is 13.1. The lowest BCUT2D eigenvalue weighted by Gasteiger charge is -2.32. The average Bonchev–Trinajstić information content (AvgIpc) is 3.16. The van der Waals surface area contributed by atoms with Crippen molar-refractivity contribution in [3.8, 4) is 5.75 Å². The van der Waals surface area contributed by atoms with Gasteiger partial charge in [0.05, 0.1) is 16.5 Å². The summed E-state index contributed by atoms with van der Waals surface area (Å²) in [5, 5.41) is 5.12. The molecule has 27 heavy (non-hydrogen) atoms. The van der Waals surface area contributed by atoms with Crippen LogP contribution in [-0.2, 0) is 10.0 Å². The van der Waals surface area contributed by atoms with Crippen LogP contribution in [0.3, 0.4) is 0 Å². The van der Waals surface area contributed by atoms with E-state index in [2.05, 4.69) is 21.2 Å². The molecule has 1 N–H and O–H groups in total. The Bertz CT molecular complexity index is 927. The van der Waals surface area contributed by atoms with Gasteiger partial charge in [-0.25, -0.2) is 8.42 Å². The third-order valence-corrected chi connectivity index (χ3v) is 7.91. The molecular weight excluding hydrogens is 476 g/mol. The number of nitrogens with one attached hydrogen (secondary N) is 1. The van der Waals surface area contributed by atoms with Crippen LogP contribution < -0.4 is 10.1 Å². The summed E-state index contributed by atoms with van der Waals surface area (Å²) in [6, 6.07) is 6.52. The van der Waals surface area contributed by atoms with Gasteiger partial charge in [-0.15, -0.1) is 11.3 Å². The highest BCUT2D eigenvalue weighted by atomic mass is 79.9. The number of ether oxygens (including phenoxy) is 1. The van der Waals surface area contributed by atoms with Crippen LogP contribution in [0.4, 0.5) is 0 Å². The quantitative estimate of drug-likeness (QED) is 0.688. The monoisotopic (exact) mass is 492 g/mol. The van der Waals surface area contributed by atoms with Gasteiger partial charge >= 0.3 is 0 Å². The molecule has 0 atom stereocenters. The minimum Gasteiger partial charge on any atom is -0.494 e. The molecule has 3 rings (SSSR count). The van der Waals surface area contributed by atoms with Gasteiger partial charge in [0.15, 0.2) is 5.75 Å². The number of thiophene rings is 1. The Labute approximate surface area is 175 Å². The number of hydrogen-bond donors (Lipinski definition) is 1. The van der Waals surface area contributed by atoms with Gasteiger partial charge in [-0.2, -0.15) is 4.31 Å². The van der Waals surface area contributed by atoms with Crippen molar-refractivity contribution in [3.63, 3.8) is 0 Å². The first kappa shape index (κ1) is 20.6. The van der Waals surface area contributed by atoms with Gasteiger partial charge in [0, 0.05) is 24.2 Å². The molecular formula is C17H18BrClN2O4S2. The third kappa shape index (κ3) is 4.48. The van der Waals surface area contributed by atoms with Gasteiger partial charge < -0.3 is 10.1 Å². The first-order chi connectivity index (χ1) is 12.8.